The van der Waals surface area contributed by atoms with Gasteiger partial charge in [0.1, 0.15) is 0 Å². The highest BCUT2D eigenvalue weighted by Gasteiger charge is 2.30. The summed E-state index contributed by atoms with van der Waals surface area (Å²) < 4.78 is 2.36. The zero-order valence-electron chi connectivity index (χ0n) is 12.8. The molecular formula is C18H23NO2. The number of carbonyl (C=O) groups is 1. The first kappa shape index (κ1) is 14.2. The Kier molecular flexibility index (Phi) is 3.52. The maximum Gasteiger partial charge on any atom is 0.313 e. The normalized spacial score (nSPS) is 17.2. The van der Waals surface area contributed by atoms with Crippen LogP contribution in [0.3, 0.4) is 0 Å². The summed E-state index contributed by atoms with van der Waals surface area (Å²) in [6.45, 7) is 3.54. The fourth-order valence-electron chi connectivity index (χ4n) is 3.34. The molecule has 1 saturated carbocycles. The van der Waals surface area contributed by atoms with Crippen molar-refractivity contribution in [1.82, 2.24) is 4.57 Å². The fraction of sp³-hybridized carbons (Fsp3) is 0.500. The smallest absolute Gasteiger partial charge is 0.313 e. The lowest BCUT2D eigenvalue weighted by atomic mass is 9.84. The summed E-state index contributed by atoms with van der Waals surface area (Å²) in [6.07, 6.45) is 8.56. The Balaban J connectivity index is 2.05. The van der Waals surface area contributed by atoms with E-state index in [4.69, 9.17) is 0 Å². The molecule has 3 nitrogen and oxygen atoms in total. The third-order valence-electron chi connectivity index (χ3n) is 4.95. The lowest BCUT2D eigenvalue weighted by Crippen LogP contribution is -2.28. The van der Waals surface area contributed by atoms with Crippen molar-refractivity contribution in [1.29, 1.82) is 0 Å². The van der Waals surface area contributed by atoms with Crippen molar-refractivity contribution in [3.05, 3.63) is 36.0 Å². The second-order valence-electron chi connectivity index (χ2n) is 6.72. The maximum absolute atomic E-state index is 11.5. The van der Waals surface area contributed by atoms with Crippen LogP contribution in [0.4, 0.5) is 0 Å². The summed E-state index contributed by atoms with van der Waals surface area (Å²) >= 11 is 0. The van der Waals surface area contributed by atoms with E-state index in [0.29, 0.717) is 6.04 Å². The van der Waals surface area contributed by atoms with Crippen LogP contribution in [0.25, 0.3) is 10.9 Å². The highest BCUT2D eigenvalue weighted by atomic mass is 16.4. The number of aromatic nitrogens is 1. The van der Waals surface area contributed by atoms with Crippen LogP contribution in [-0.2, 0) is 10.2 Å². The fourth-order valence-corrected chi connectivity index (χ4v) is 3.34. The van der Waals surface area contributed by atoms with Crippen LogP contribution in [0.1, 0.15) is 57.6 Å². The zero-order valence-corrected chi connectivity index (χ0v) is 12.8. The number of nitrogens with zero attached hydrogens (tertiary/aromatic N) is 1. The summed E-state index contributed by atoms with van der Waals surface area (Å²) in [7, 11) is 0. The molecule has 0 amide bonds. The highest BCUT2D eigenvalue weighted by molar-refractivity contribution is 5.85. The van der Waals surface area contributed by atoms with Crippen molar-refractivity contribution in [2.24, 2.45) is 0 Å². The van der Waals surface area contributed by atoms with Crippen LogP contribution in [0.2, 0.25) is 0 Å². The minimum Gasteiger partial charge on any atom is -0.481 e. The maximum atomic E-state index is 11.5. The molecule has 0 radical (unpaired) electrons. The van der Waals surface area contributed by atoms with E-state index in [2.05, 4.69) is 29.0 Å². The number of aliphatic carboxylic acids is 1. The van der Waals surface area contributed by atoms with Crippen LogP contribution < -0.4 is 0 Å². The van der Waals surface area contributed by atoms with E-state index in [1.165, 1.54) is 43.0 Å². The monoisotopic (exact) mass is 285 g/mol. The molecule has 0 bridgehead atoms. The van der Waals surface area contributed by atoms with Gasteiger partial charge in [-0.15, -0.1) is 0 Å². The van der Waals surface area contributed by atoms with Crippen molar-refractivity contribution in [2.75, 3.05) is 0 Å². The van der Waals surface area contributed by atoms with E-state index in [-0.39, 0.29) is 0 Å². The average Bonchev–Trinajstić information content (AvgIpc) is 2.91. The third kappa shape index (κ3) is 2.45. The number of hydrogen-bond acceptors (Lipinski definition) is 1. The molecule has 1 aromatic heterocycles. The Bertz CT molecular complexity index is 663. The molecule has 1 aliphatic carbocycles. The van der Waals surface area contributed by atoms with E-state index in [0.717, 1.165) is 5.56 Å². The van der Waals surface area contributed by atoms with E-state index in [1.54, 1.807) is 13.8 Å². The molecule has 1 N–H and O–H groups in total. The molecular weight excluding hydrogens is 262 g/mol. The van der Waals surface area contributed by atoms with E-state index in [1.807, 2.05) is 6.07 Å². The Labute approximate surface area is 125 Å². The van der Waals surface area contributed by atoms with Crippen LogP contribution in [0, 0.1) is 0 Å². The molecule has 112 valence electrons. The van der Waals surface area contributed by atoms with Crippen molar-refractivity contribution < 1.29 is 9.90 Å². The summed E-state index contributed by atoms with van der Waals surface area (Å²) in [5.74, 6) is -0.780. The van der Waals surface area contributed by atoms with Gasteiger partial charge in [0, 0.05) is 17.8 Å². The second kappa shape index (κ2) is 5.21. The molecule has 0 unspecified atom stereocenters. The molecule has 1 aromatic carbocycles. The van der Waals surface area contributed by atoms with Crippen LogP contribution >= 0.6 is 0 Å². The van der Waals surface area contributed by atoms with Gasteiger partial charge in [-0.3, -0.25) is 4.79 Å². The Morgan fingerprint density at radius 2 is 1.90 bits per heavy atom. The minimum atomic E-state index is -0.851. The van der Waals surface area contributed by atoms with Crippen molar-refractivity contribution in [2.45, 2.75) is 57.4 Å². The third-order valence-corrected chi connectivity index (χ3v) is 4.95. The quantitative estimate of drug-likeness (QED) is 0.901. The molecule has 2 aromatic rings. The Hall–Kier alpha value is -1.77. The molecule has 1 aliphatic rings. The van der Waals surface area contributed by atoms with Gasteiger partial charge in [0.05, 0.1) is 5.41 Å². The predicted molar refractivity (Wildman–Crippen MR) is 84.7 cm³/mol. The first-order valence-corrected chi connectivity index (χ1v) is 7.84. The minimum absolute atomic E-state index is 0.569. The first-order valence-electron chi connectivity index (χ1n) is 7.84. The Morgan fingerprint density at radius 3 is 2.57 bits per heavy atom. The van der Waals surface area contributed by atoms with Crippen LogP contribution in [0.15, 0.2) is 30.5 Å². The molecule has 0 spiro atoms. The van der Waals surface area contributed by atoms with Gasteiger partial charge in [0.2, 0.25) is 0 Å². The summed E-state index contributed by atoms with van der Waals surface area (Å²) in [6, 6.07) is 8.77. The number of carboxylic acid groups (broad SMARTS) is 1. The molecule has 0 saturated heterocycles. The molecule has 3 heteroatoms. The van der Waals surface area contributed by atoms with Crippen molar-refractivity contribution in [3.8, 4) is 0 Å². The van der Waals surface area contributed by atoms with Crippen LogP contribution in [0.5, 0.6) is 0 Å². The number of fused-ring (bicyclic) bond motifs is 1. The highest BCUT2D eigenvalue weighted by Crippen LogP contribution is 2.33. The number of carboxylic acids is 1. The Morgan fingerprint density at radius 1 is 1.19 bits per heavy atom. The second-order valence-corrected chi connectivity index (χ2v) is 6.72. The molecule has 0 aliphatic heterocycles. The predicted octanol–water partition coefficient (Wildman–Crippen LogP) is 4.51. The molecule has 3 rings (SSSR count). The first-order chi connectivity index (χ1) is 10.00. The zero-order chi connectivity index (χ0) is 15.0. The van der Waals surface area contributed by atoms with E-state index in [9.17, 15) is 9.90 Å². The lowest BCUT2D eigenvalue weighted by molar-refractivity contribution is -0.142. The average molecular weight is 285 g/mol. The van der Waals surface area contributed by atoms with Gasteiger partial charge in [0.15, 0.2) is 0 Å². The number of hydrogen-bond donors (Lipinski definition) is 1. The summed E-state index contributed by atoms with van der Waals surface area (Å²) in [5.41, 5.74) is 1.20. The van der Waals surface area contributed by atoms with E-state index < -0.39 is 11.4 Å². The summed E-state index contributed by atoms with van der Waals surface area (Å²) in [4.78, 5) is 11.5. The molecule has 21 heavy (non-hydrogen) atoms. The van der Waals surface area contributed by atoms with Crippen LogP contribution in [-0.4, -0.2) is 15.6 Å². The van der Waals surface area contributed by atoms with Crippen molar-refractivity contribution in [3.63, 3.8) is 0 Å². The largest absolute Gasteiger partial charge is 0.481 e. The SMILES string of the molecule is CC(C)(C(=O)O)c1ccc2ccn(C3CCCCC3)c2c1. The number of rotatable bonds is 3. The van der Waals surface area contributed by atoms with Gasteiger partial charge in [-0.1, -0.05) is 31.4 Å². The van der Waals surface area contributed by atoms with Gasteiger partial charge < -0.3 is 9.67 Å². The van der Waals surface area contributed by atoms with Gasteiger partial charge in [-0.2, -0.15) is 0 Å². The molecule has 1 heterocycles. The lowest BCUT2D eigenvalue weighted by Gasteiger charge is -2.25. The van der Waals surface area contributed by atoms with Gasteiger partial charge >= 0.3 is 5.97 Å². The molecule has 0 atom stereocenters. The van der Waals surface area contributed by atoms with Gasteiger partial charge in [-0.05, 0) is 49.8 Å². The molecule has 1 fully saturated rings. The van der Waals surface area contributed by atoms with E-state index >= 15 is 0 Å². The topological polar surface area (TPSA) is 42.2 Å². The standard InChI is InChI=1S/C18H23NO2/c1-18(2,17(20)21)14-9-8-13-10-11-19(16(13)12-14)15-6-4-3-5-7-15/h8-12,15H,3-7H2,1-2H3,(H,20,21). The number of benzene rings is 1. The summed E-state index contributed by atoms with van der Waals surface area (Å²) in [5, 5.41) is 10.6. The van der Waals surface area contributed by atoms with Crippen molar-refractivity contribution >= 4 is 16.9 Å². The van der Waals surface area contributed by atoms with Gasteiger partial charge in [0.25, 0.3) is 0 Å². The van der Waals surface area contributed by atoms with Gasteiger partial charge in [-0.25, -0.2) is 0 Å².